The summed E-state index contributed by atoms with van der Waals surface area (Å²) in [5, 5.41) is 10.3. The second-order valence-electron chi connectivity index (χ2n) is 7.99. The molecule has 0 spiro atoms. The molecular weight excluding hydrogens is 368 g/mol. The maximum absolute atomic E-state index is 12.8. The molecule has 2 aromatic rings. The van der Waals surface area contributed by atoms with Crippen LogP contribution in [-0.4, -0.2) is 34.2 Å². The minimum Gasteiger partial charge on any atom is -0.490 e. The van der Waals surface area contributed by atoms with E-state index in [0.717, 1.165) is 49.2 Å². The number of aromatic nitrogens is 2. The first kappa shape index (κ1) is 19.5. The first-order chi connectivity index (χ1) is 14.1. The van der Waals surface area contributed by atoms with Gasteiger partial charge in [-0.15, -0.1) is 0 Å². The highest BCUT2D eigenvalue weighted by Crippen LogP contribution is 2.28. The SMILES string of the molecule is CC(=O)NC[C@@H]1CCn2ncc(C(=O)NCc3ccccc3OC3CCC3)c2C1. The van der Waals surface area contributed by atoms with Crippen molar-refractivity contribution in [3.63, 3.8) is 0 Å². The molecule has 1 saturated carbocycles. The fourth-order valence-corrected chi connectivity index (χ4v) is 3.85. The van der Waals surface area contributed by atoms with Gasteiger partial charge in [0.1, 0.15) is 5.75 Å². The van der Waals surface area contributed by atoms with E-state index in [1.807, 2.05) is 28.9 Å². The van der Waals surface area contributed by atoms with Crippen LogP contribution in [0.4, 0.5) is 0 Å². The number of para-hydroxylation sites is 1. The number of nitrogens with zero attached hydrogens (tertiary/aromatic N) is 2. The molecule has 154 valence electrons. The van der Waals surface area contributed by atoms with Crippen LogP contribution < -0.4 is 15.4 Å². The van der Waals surface area contributed by atoms with Gasteiger partial charge in [-0.1, -0.05) is 18.2 Å². The van der Waals surface area contributed by atoms with Gasteiger partial charge in [-0.25, -0.2) is 0 Å². The summed E-state index contributed by atoms with van der Waals surface area (Å²) < 4.78 is 7.96. The number of carbonyl (C=O) groups is 2. The number of aryl methyl sites for hydroxylation is 1. The van der Waals surface area contributed by atoms with Crippen LogP contribution in [0.5, 0.6) is 5.75 Å². The van der Waals surface area contributed by atoms with Crippen LogP contribution in [0.25, 0.3) is 0 Å². The topological polar surface area (TPSA) is 85.2 Å². The van der Waals surface area contributed by atoms with Crippen molar-refractivity contribution in [1.82, 2.24) is 20.4 Å². The number of rotatable bonds is 7. The lowest BCUT2D eigenvalue weighted by molar-refractivity contribution is -0.119. The molecule has 1 atom stereocenters. The van der Waals surface area contributed by atoms with Gasteiger partial charge in [-0.3, -0.25) is 14.3 Å². The first-order valence-electron chi connectivity index (χ1n) is 10.4. The second kappa shape index (κ2) is 8.68. The van der Waals surface area contributed by atoms with Crippen LogP contribution in [-0.2, 0) is 24.3 Å². The fraction of sp³-hybridized carbons (Fsp3) is 0.500. The Hall–Kier alpha value is -2.83. The van der Waals surface area contributed by atoms with Crippen LogP contribution in [0.15, 0.2) is 30.5 Å². The summed E-state index contributed by atoms with van der Waals surface area (Å²) in [7, 11) is 0. The highest BCUT2D eigenvalue weighted by atomic mass is 16.5. The molecule has 0 saturated heterocycles. The van der Waals surface area contributed by atoms with E-state index in [1.165, 1.54) is 13.3 Å². The Morgan fingerprint density at radius 1 is 1.21 bits per heavy atom. The summed E-state index contributed by atoms with van der Waals surface area (Å²) in [5.41, 5.74) is 2.55. The maximum atomic E-state index is 12.8. The number of fused-ring (bicyclic) bond motifs is 1. The molecule has 1 aliphatic carbocycles. The minimum absolute atomic E-state index is 0.0233. The van der Waals surface area contributed by atoms with Gasteiger partial charge in [0, 0.05) is 32.1 Å². The summed E-state index contributed by atoms with van der Waals surface area (Å²) in [5.74, 6) is 1.03. The van der Waals surface area contributed by atoms with Gasteiger partial charge in [0.25, 0.3) is 5.91 Å². The van der Waals surface area contributed by atoms with Crippen molar-refractivity contribution in [3.05, 3.63) is 47.3 Å². The van der Waals surface area contributed by atoms with E-state index in [-0.39, 0.29) is 11.8 Å². The third-order valence-electron chi connectivity index (χ3n) is 5.82. The minimum atomic E-state index is -0.120. The third kappa shape index (κ3) is 4.60. The van der Waals surface area contributed by atoms with E-state index in [0.29, 0.717) is 30.7 Å². The van der Waals surface area contributed by atoms with E-state index in [1.54, 1.807) is 6.20 Å². The monoisotopic (exact) mass is 396 g/mol. The van der Waals surface area contributed by atoms with Gasteiger partial charge in [0.05, 0.1) is 23.6 Å². The molecule has 0 unspecified atom stereocenters. The van der Waals surface area contributed by atoms with Crippen LogP contribution in [0.3, 0.4) is 0 Å². The number of hydrogen-bond donors (Lipinski definition) is 2. The lowest BCUT2D eigenvalue weighted by Crippen LogP contribution is -2.33. The van der Waals surface area contributed by atoms with Crippen LogP contribution >= 0.6 is 0 Å². The Bertz CT molecular complexity index is 888. The van der Waals surface area contributed by atoms with E-state index < -0.39 is 0 Å². The number of benzene rings is 1. The van der Waals surface area contributed by atoms with Crippen molar-refractivity contribution in [2.24, 2.45) is 5.92 Å². The van der Waals surface area contributed by atoms with Gasteiger partial charge in [0.2, 0.25) is 5.91 Å². The third-order valence-corrected chi connectivity index (χ3v) is 5.82. The van der Waals surface area contributed by atoms with Crippen molar-refractivity contribution in [2.75, 3.05) is 6.54 Å². The molecule has 1 fully saturated rings. The number of nitrogens with one attached hydrogen (secondary N) is 2. The zero-order valence-electron chi connectivity index (χ0n) is 16.8. The van der Waals surface area contributed by atoms with Crippen molar-refractivity contribution < 1.29 is 14.3 Å². The summed E-state index contributed by atoms with van der Waals surface area (Å²) in [6.07, 6.45) is 7.06. The van der Waals surface area contributed by atoms with Crippen molar-refractivity contribution >= 4 is 11.8 Å². The Morgan fingerprint density at radius 3 is 2.79 bits per heavy atom. The second-order valence-corrected chi connectivity index (χ2v) is 7.99. The van der Waals surface area contributed by atoms with Gasteiger partial charge in [0.15, 0.2) is 0 Å². The average molecular weight is 396 g/mol. The fourth-order valence-electron chi connectivity index (χ4n) is 3.85. The number of carbonyl (C=O) groups excluding carboxylic acids is 2. The predicted octanol–water partition coefficient (Wildman–Crippen LogP) is 2.44. The molecule has 1 aliphatic heterocycles. The zero-order chi connectivity index (χ0) is 20.2. The van der Waals surface area contributed by atoms with Gasteiger partial charge < -0.3 is 15.4 Å². The van der Waals surface area contributed by atoms with Gasteiger partial charge >= 0.3 is 0 Å². The Balaban J connectivity index is 1.39. The van der Waals surface area contributed by atoms with Gasteiger partial charge in [-0.2, -0.15) is 5.10 Å². The maximum Gasteiger partial charge on any atom is 0.255 e. The number of ether oxygens (including phenoxy) is 1. The van der Waals surface area contributed by atoms with E-state index >= 15 is 0 Å². The van der Waals surface area contributed by atoms with Crippen LogP contribution in [0, 0.1) is 5.92 Å². The molecule has 2 N–H and O–H groups in total. The molecule has 2 amide bonds. The predicted molar refractivity (Wildman–Crippen MR) is 109 cm³/mol. The van der Waals surface area contributed by atoms with Crippen LogP contribution in [0.1, 0.15) is 54.2 Å². The molecule has 29 heavy (non-hydrogen) atoms. The highest BCUT2D eigenvalue weighted by molar-refractivity contribution is 5.95. The van der Waals surface area contributed by atoms with E-state index in [9.17, 15) is 9.59 Å². The Labute approximate surface area is 170 Å². The largest absolute Gasteiger partial charge is 0.490 e. The summed E-state index contributed by atoms with van der Waals surface area (Å²) in [6, 6.07) is 7.88. The molecule has 2 aliphatic rings. The highest BCUT2D eigenvalue weighted by Gasteiger charge is 2.25. The standard InChI is InChI=1S/C22H28N4O3/c1-15(27)23-12-16-9-10-26-20(11-16)19(14-25-26)22(28)24-13-17-5-2-3-8-21(17)29-18-6-4-7-18/h2-3,5,8,14,16,18H,4,6-7,9-13H2,1H3,(H,23,27)(H,24,28)/t16-/m1/s1. The molecule has 7 heteroatoms. The van der Waals surface area contributed by atoms with Crippen molar-refractivity contribution in [2.45, 2.75) is 58.2 Å². The van der Waals surface area contributed by atoms with Crippen LogP contribution in [0.2, 0.25) is 0 Å². The van der Waals surface area contributed by atoms with Crippen molar-refractivity contribution in [1.29, 1.82) is 0 Å². The number of amides is 2. The lowest BCUT2D eigenvalue weighted by atomic mass is 9.94. The molecule has 2 heterocycles. The zero-order valence-corrected chi connectivity index (χ0v) is 16.8. The van der Waals surface area contributed by atoms with E-state index in [4.69, 9.17) is 4.74 Å². The Morgan fingerprint density at radius 2 is 2.03 bits per heavy atom. The molecule has 7 nitrogen and oxygen atoms in total. The molecule has 0 bridgehead atoms. The molecule has 4 rings (SSSR count). The number of hydrogen-bond acceptors (Lipinski definition) is 4. The smallest absolute Gasteiger partial charge is 0.255 e. The van der Waals surface area contributed by atoms with E-state index in [2.05, 4.69) is 15.7 Å². The Kier molecular flexibility index (Phi) is 5.83. The normalized spacial score (nSPS) is 18.4. The van der Waals surface area contributed by atoms with Crippen molar-refractivity contribution in [3.8, 4) is 5.75 Å². The quantitative estimate of drug-likeness (QED) is 0.753. The molecular formula is C22H28N4O3. The first-order valence-corrected chi connectivity index (χ1v) is 10.4. The summed E-state index contributed by atoms with van der Waals surface area (Å²) in [4.78, 5) is 24.0. The lowest BCUT2D eigenvalue weighted by Gasteiger charge is -2.27. The molecule has 1 aromatic heterocycles. The summed E-state index contributed by atoms with van der Waals surface area (Å²) in [6.45, 7) is 3.35. The molecule has 1 aromatic carbocycles. The van der Waals surface area contributed by atoms with Gasteiger partial charge in [-0.05, 0) is 44.1 Å². The summed E-state index contributed by atoms with van der Waals surface area (Å²) >= 11 is 0. The average Bonchev–Trinajstić information content (AvgIpc) is 3.11. The molecule has 0 radical (unpaired) electrons.